The Kier molecular flexibility index (Phi) is 4.23. The Morgan fingerprint density at radius 2 is 1.53 bits per heavy atom. The molecule has 0 radical (unpaired) electrons. The van der Waals surface area contributed by atoms with Crippen LogP contribution >= 0.6 is 11.6 Å². The number of rotatable bonds is 4. The second-order valence-electron chi connectivity index (χ2n) is 4.65. The number of carboxylic acids is 1. The zero-order valence-electron chi connectivity index (χ0n) is 10.6. The highest BCUT2D eigenvalue weighted by molar-refractivity contribution is 6.30. The van der Waals surface area contributed by atoms with Gasteiger partial charge in [-0.05, 0) is 35.2 Å². The highest BCUT2D eigenvalue weighted by atomic mass is 35.5. The largest absolute Gasteiger partial charge is 0.481 e. The van der Waals surface area contributed by atoms with Crippen LogP contribution in [0.3, 0.4) is 0 Å². The van der Waals surface area contributed by atoms with Gasteiger partial charge in [0, 0.05) is 5.02 Å². The van der Waals surface area contributed by atoms with Crippen LogP contribution in [0.1, 0.15) is 12.5 Å². The minimum atomic E-state index is -0.762. The van der Waals surface area contributed by atoms with E-state index in [9.17, 15) is 4.79 Å². The van der Waals surface area contributed by atoms with E-state index in [4.69, 9.17) is 16.7 Å². The second kappa shape index (κ2) is 5.89. The van der Waals surface area contributed by atoms with Gasteiger partial charge < -0.3 is 5.11 Å². The maximum absolute atomic E-state index is 10.8. The quantitative estimate of drug-likeness (QED) is 0.904. The number of aliphatic carboxylic acids is 1. The first-order valence-electron chi connectivity index (χ1n) is 6.14. The average Bonchev–Trinajstić information content (AvgIpc) is 2.40. The summed E-state index contributed by atoms with van der Waals surface area (Å²) in [5.74, 6) is -1.12. The molecule has 0 aromatic heterocycles. The van der Waals surface area contributed by atoms with Crippen molar-refractivity contribution in [1.82, 2.24) is 0 Å². The lowest BCUT2D eigenvalue weighted by Gasteiger charge is -2.07. The standard InChI is InChI=1S/C16H15ClO2/c1-11(16(18)19)10-12-2-4-13(5-3-12)14-6-8-15(17)9-7-14/h2-9,11H,10H2,1H3,(H,18,19). The third kappa shape index (κ3) is 3.58. The molecule has 3 heteroatoms. The van der Waals surface area contributed by atoms with Crippen LogP contribution in [-0.2, 0) is 11.2 Å². The first kappa shape index (κ1) is 13.6. The molecule has 2 nitrogen and oxygen atoms in total. The number of hydrogen-bond donors (Lipinski definition) is 1. The third-order valence-electron chi connectivity index (χ3n) is 3.09. The molecule has 2 rings (SSSR count). The molecule has 2 aromatic rings. The average molecular weight is 275 g/mol. The van der Waals surface area contributed by atoms with Crippen molar-refractivity contribution < 1.29 is 9.90 Å². The van der Waals surface area contributed by atoms with Gasteiger partial charge in [0.2, 0.25) is 0 Å². The highest BCUT2D eigenvalue weighted by Gasteiger charge is 2.11. The summed E-state index contributed by atoms with van der Waals surface area (Å²) in [4.78, 5) is 10.8. The van der Waals surface area contributed by atoms with Crippen LogP contribution in [0.4, 0.5) is 0 Å². The fraction of sp³-hybridized carbons (Fsp3) is 0.188. The lowest BCUT2D eigenvalue weighted by molar-refractivity contribution is -0.141. The second-order valence-corrected chi connectivity index (χ2v) is 5.08. The number of carboxylic acid groups (broad SMARTS) is 1. The van der Waals surface area contributed by atoms with Crippen LogP contribution in [-0.4, -0.2) is 11.1 Å². The zero-order valence-corrected chi connectivity index (χ0v) is 11.4. The van der Waals surface area contributed by atoms with Crippen molar-refractivity contribution in [1.29, 1.82) is 0 Å². The molecule has 0 saturated carbocycles. The normalized spacial score (nSPS) is 12.1. The van der Waals surface area contributed by atoms with E-state index in [0.717, 1.165) is 21.7 Å². The predicted octanol–water partition coefficient (Wildman–Crippen LogP) is 4.27. The molecular formula is C16H15ClO2. The molecule has 0 amide bonds. The van der Waals surface area contributed by atoms with Gasteiger partial charge in [0.05, 0.1) is 5.92 Å². The van der Waals surface area contributed by atoms with Gasteiger partial charge in [-0.25, -0.2) is 0 Å². The molecule has 0 bridgehead atoms. The number of benzene rings is 2. The third-order valence-corrected chi connectivity index (χ3v) is 3.35. The Labute approximate surface area is 117 Å². The van der Waals surface area contributed by atoms with Crippen molar-refractivity contribution in [3.63, 3.8) is 0 Å². The van der Waals surface area contributed by atoms with Crippen molar-refractivity contribution in [2.75, 3.05) is 0 Å². The fourth-order valence-corrected chi connectivity index (χ4v) is 2.04. The monoisotopic (exact) mass is 274 g/mol. The van der Waals surface area contributed by atoms with Crippen LogP contribution in [0.15, 0.2) is 48.5 Å². The van der Waals surface area contributed by atoms with Gasteiger partial charge in [-0.15, -0.1) is 0 Å². The van der Waals surface area contributed by atoms with E-state index in [1.807, 2.05) is 48.5 Å². The van der Waals surface area contributed by atoms with Gasteiger partial charge in [-0.3, -0.25) is 4.79 Å². The first-order valence-corrected chi connectivity index (χ1v) is 6.52. The molecule has 0 fully saturated rings. The molecule has 0 aliphatic rings. The van der Waals surface area contributed by atoms with Gasteiger partial charge in [0.1, 0.15) is 0 Å². The van der Waals surface area contributed by atoms with Gasteiger partial charge >= 0.3 is 5.97 Å². The molecule has 0 heterocycles. The molecule has 0 aliphatic heterocycles. The summed E-state index contributed by atoms with van der Waals surface area (Å²) in [6, 6.07) is 15.6. The molecule has 19 heavy (non-hydrogen) atoms. The van der Waals surface area contributed by atoms with E-state index < -0.39 is 5.97 Å². The molecule has 1 unspecified atom stereocenters. The van der Waals surface area contributed by atoms with Crippen LogP contribution in [0.5, 0.6) is 0 Å². The molecule has 98 valence electrons. The maximum Gasteiger partial charge on any atom is 0.306 e. The molecule has 1 N–H and O–H groups in total. The summed E-state index contributed by atoms with van der Waals surface area (Å²) in [5.41, 5.74) is 3.23. The Bertz CT molecular complexity index is 558. The molecule has 1 atom stereocenters. The van der Waals surface area contributed by atoms with Crippen molar-refractivity contribution in [2.24, 2.45) is 5.92 Å². The van der Waals surface area contributed by atoms with Crippen molar-refractivity contribution in [2.45, 2.75) is 13.3 Å². The van der Waals surface area contributed by atoms with Crippen LogP contribution in [0.25, 0.3) is 11.1 Å². The predicted molar refractivity (Wildman–Crippen MR) is 77.4 cm³/mol. The lowest BCUT2D eigenvalue weighted by atomic mass is 9.98. The molecule has 0 aliphatic carbocycles. The maximum atomic E-state index is 10.8. The summed E-state index contributed by atoms with van der Waals surface area (Å²) >= 11 is 5.86. The summed E-state index contributed by atoms with van der Waals surface area (Å²) < 4.78 is 0. The van der Waals surface area contributed by atoms with E-state index in [2.05, 4.69) is 0 Å². The molecule has 0 spiro atoms. The van der Waals surface area contributed by atoms with E-state index in [1.54, 1.807) is 6.92 Å². The lowest BCUT2D eigenvalue weighted by Crippen LogP contribution is -2.12. The fourth-order valence-electron chi connectivity index (χ4n) is 1.92. The topological polar surface area (TPSA) is 37.3 Å². The van der Waals surface area contributed by atoms with Crippen LogP contribution < -0.4 is 0 Å². The summed E-state index contributed by atoms with van der Waals surface area (Å²) in [7, 11) is 0. The van der Waals surface area contributed by atoms with Gasteiger partial charge in [0.25, 0.3) is 0 Å². The molecule has 2 aromatic carbocycles. The molecular weight excluding hydrogens is 260 g/mol. The Hall–Kier alpha value is -1.80. The van der Waals surface area contributed by atoms with Crippen molar-refractivity contribution >= 4 is 17.6 Å². The van der Waals surface area contributed by atoms with Crippen LogP contribution in [0.2, 0.25) is 5.02 Å². The van der Waals surface area contributed by atoms with Crippen molar-refractivity contribution in [3.8, 4) is 11.1 Å². The Balaban J connectivity index is 2.14. The van der Waals surface area contributed by atoms with Gasteiger partial charge in [-0.1, -0.05) is 54.9 Å². The Morgan fingerprint density at radius 3 is 2.00 bits per heavy atom. The minimum Gasteiger partial charge on any atom is -0.481 e. The zero-order chi connectivity index (χ0) is 13.8. The summed E-state index contributed by atoms with van der Waals surface area (Å²) in [6.07, 6.45) is 0.552. The summed E-state index contributed by atoms with van der Waals surface area (Å²) in [5, 5.41) is 9.61. The van der Waals surface area contributed by atoms with Gasteiger partial charge in [0.15, 0.2) is 0 Å². The van der Waals surface area contributed by atoms with E-state index in [-0.39, 0.29) is 5.92 Å². The van der Waals surface area contributed by atoms with Crippen molar-refractivity contribution in [3.05, 3.63) is 59.1 Å². The van der Waals surface area contributed by atoms with Gasteiger partial charge in [-0.2, -0.15) is 0 Å². The molecule has 0 saturated heterocycles. The highest BCUT2D eigenvalue weighted by Crippen LogP contribution is 2.22. The van der Waals surface area contributed by atoms with E-state index in [0.29, 0.717) is 6.42 Å². The number of carbonyl (C=O) groups is 1. The van der Waals surface area contributed by atoms with E-state index >= 15 is 0 Å². The minimum absolute atomic E-state index is 0.360. The Morgan fingerprint density at radius 1 is 1.05 bits per heavy atom. The summed E-state index contributed by atoms with van der Waals surface area (Å²) in [6.45, 7) is 1.72. The number of hydrogen-bond acceptors (Lipinski definition) is 1. The van der Waals surface area contributed by atoms with E-state index in [1.165, 1.54) is 0 Å². The number of halogens is 1. The SMILES string of the molecule is CC(Cc1ccc(-c2ccc(Cl)cc2)cc1)C(=O)O. The van der Waals surface area contributed by atoms with Crippen LogP contribution in [0, 0.1) is 5.92 Å². The smallest absolute Gasteiger partial charge is 0.306 e. The first-order chi connectivity index (χ1) is 9.06.